The summed E-state index contributed by atoms with van der Waals surface area (Å²) >= 11 is 0. The average molecular weight is 491 g/mol. The molecule has 2 aromatic heterocycles. The molecule has 1 saturated heterocycles. The summed E-state index contributed by atoms with van der Waals surface area (Å²) < 4.78 is 54.2. The van der Waals surface area contributed by atoms with E-state index in [0.29, 0.717) is 31.6 Å². The van der Waals surface area contributed by atoms with Crippen LogP contribution in [0.4, 0.5) is 23.4 Å². The number of benzene rings is 1. The van der Waals surface area contributed by atoms with Gasteiger partial charge in [0.2, 0.25) is 0 Å². The molecule has 3 aromatic rings. The molecule has 0 saturated carbocycles. The Balaban J connectivity index is 1.47. The Labute approximate surface area is 200 Å². The molecule has 4 rings (SSSR count). The number of anilines is 1. The molecule has 1 aliphatic heterocycles. The lowest BCUT2D eigenvalue weighted by Crippen LogP contribution is -2.46. The molecule has 3 heterocycles. The molecule has 0 atom stereocenters. The molecule has 1 fully saturated rings. The van der Waals surface area contributed by atoms with Crippen LogP contribution in [0.25, 0.3) is 11.3 Å². The largest absolute Gasteiger partial charge is 0.435 e. The van der Waals surface area contributed by atoms with E-state index in [1.165, 1.54) is 31.1 Å². The minimum absolute atomic E-state index is 0.215. The predicted octanol–water partition coefficient (Wildman–Crippen LogP) is 4.39. The van der Waals surface area contributed by atoms with Crippen LogP contribution in [0.5, 0.6) is 0 Å². The van der Waals surface area contributed by atoms with E-state index in [1.807, 2.05) is 13.8 Å². The number of carbonyl (C=O) groups is 1. The molecule has 1 aromatic carbocycles. The van der Waals surface area contributed by atoms with Crippen LogP contribution < -0.4 is 4.90 Å². The van der Waals surface area contributed by atoms with E-state index >= 15 is 0 Å². The van der Waals surface area contributed by atoms with Gasteiger partial charge in [0.25, 0.3) is 5.91 Å². The van der Waals surface area contributed by atoms with Crippen LogP contribution >= 0.6 is 0 Å². The zero-order valence-electron chi connectivity index (χ0n) is 19.9. The summed E-state index contributed by atoms with van der Waals surface area (Å²) in [5.74, 6) is -0.288. The van der Waals surface area contributed by atoms with Crippen molar-refractivity contribution in [3.8, 4) is 11.3 Å². The highest BCUT2D eigenvalue weighted by Gasteiger charge is 2.40. The first-order valence-electron chi connectivity index (χ1n) is 11.2. The van der Waals surface area contributed by atoms with Crippen LogP contribution in [0.1, 0.15) is 40.0 Å². The number of aryl methyl sites for hydroxylation is 1. The van der Waals surface area contributed by atoms with Gasteiger partial charge in [-0.3, -0.25) is 9.48 Å². The molecule has 0 radical (unpaired) electrons. The second-order valence-corrected chi connectivity index (χ2v) is 8.83. The smallest absolute Gasteiger partial charge is 0.355 e. The third-order valence-electron chi connectivity index (χ3n) is 6.58. The lowest BCUT2D eigenvalue weighted by Gasteiger charge is -2.37. The van der Waals surface area contributed by atoms with E-state index in [9.17, 15) is 22.4 Å². The van der Waals surface area contributed by atoms with Gasteiger partial charge in [-0.05, 0) is 62.1 Å². The number of amides is 1. The Hall–Kier alpha value is -3.50. The van der Waals surface area contributed by atoms with Gasteiger partial charge in [0.05, 0.1) is 11.3 Å². The van der Waals surface area contributed by atoms with Crippen LogP contribution in [0.3, 0.4) is 0 Å². The van der Waals surface area contributed by atoms with E-state index in [2.05, 4.69) is 20.2 Å². The van der Waals surface area contributed by atoms with Crippen LogP contribution in [-0.4, -0.2) is 57.0 Å². The molecule has 0 aliphatic carbocycles. The average Bonchev–Trinajstić information content (AvgIpc) is 3.23. The summed E-state index contributed by atoms with van der Waals surface area (Å²) in [4.78, 5) is 16.3. The summed E-state index contributed by atoms with van der Waals surface area (Å²) in [6, 6.07) is 5.87. The van der Waals surface area contributed by atoms with Crippen molar-refractivity contribution in [2.75, 3.05) is 25.0 Å². The van der Waals surface area contributed by atoms with Crippen molar-refractivity contribution in [3.05, 3.63) is 58.7 Å². The number of halogens is 4. The van der Waals surface area contributed by atoms with Crippen LogP contribution in [0.15, 0.2) is 30.5 Å². The fourth-order valence-electron chi connectivity index (χ4n) is 4.45. The van der Waals surface area contributed by atoms with Crippen LogP contribution in [0.2, 0.25) is 0 Å². The zero-order chi connectivity index (χ0) is 25.5. The van der Waals surface area contributed by atoms with Gasteiger partial charge in [0.15, 0.2) is 11.5 Å². The third kappa shape index (κ3) is 4.85. The molecule has 0 bridgehead atoms. The molecule has 1 amide bonds. The second-order valence-electron chi connectivity index (χ2n) is 8.83. The van der Waals surface area contributed by atoms with Crippen molar-refractivity contribution in [1.29, 1.82) is 0 Å². The quantitative estimate of drug-likeness (QED) is 0.508. The van der Waals surface area contributed by atoms with Gasteiger partial charge in [-0.25, -0.2) is 4.39 Å². The van der Waals surface area contributed by atoms with Gasteiger partial charge in [-0.2, -0.15) is 18.3 Å². The third-order valence-corrected chi connectivity index (χ3v) is 6.58. The summed E-state index contributed by atoms with van der Waals surface area (Å²) in [5.41, 5.74) is 1.73. The van der Waals surface area contributed by atoms with E-state index in [0.717, 1.165) is 33.4 Å². The number of aromatic nitrogens is 4. The number of carbonyl (C=O) groups excluding carboxylic acids is 1. The van der Waals surface area contributed by atoms with Gasteiger partial charge >= 0.3 is 6.18 Å². The number of hydrogen-bond acceptors (Lipinski definition) is 5. The minimum Gasteiger partial charge on any atom is -0.355 e. The second kappa shape index (κ2) is 9.27. The van der Waals surface area contributed by atoms with Crippen LogP contribution in [0, 0.1) is 19.7 Å². The maximum Gasteiger partial charge on any atom is 0.435 e. The number of hydrogen-bond donors (Lipinski definition) is 0. The Bertz CT molecular complexity index is 1230. The Kier molecular flexibility index (Phi) is 6.52. The molecule has 11 heteroatoms. The molecule has 7 nitrogen and oxygen atoms in total. The van der Waals surface area contributed by atoms with Crippen molar-refractivity contribution < 1.29 is 22.4 Å². The number of rotatable bonds is 4. The number of nitrogens with zero attached hydrogens (tertiary/aromatic N) is 6. The molecule has 0 unspecified atom stereocenters. The number of piperidine rings is 1. The maximum atomic E-state index is 13.3. The molecule has 0 spiro atoms. The van der Waals surface area contributed by atoms with Gasteiger partial charge in [0, 0.05) is 45.0 Å². The first-order valence-corrected chi connectivity index (χ1v) is 11.2. The summed E-state index contributed by atoms with van der Waals surface area (Å²) in [6.45, 7) is 5.05. The van der Waals surface area contributed by atoms with Crippen molar-refractivity contribution in [1.82, 2.24) is 24.9 Å². The highest BCUT2D eigenvalue weighted by atomic mass is 19.4. The molecular weight excluding hydrogens is 464 g/mol. The Morgan fingerprint density at radius 2 is 1.69 bits per heavy atom. The van der Waals surface area contributed by atoms with Crippen LogP contribution in [-0.2, 0) is 13.2 Å². The lowest BCUT2D eigenvalue weighted by atomic mass is 10.0. The lowest BCUT2D eigenvalue weighted by molar-refractivity contribution is -0.141. The standard InChI is InChI=1S/C24H26F4N6O/c1-14-15(2)22(30-29-20(14)16-5-7-17(25)8-6-16)34-11-9-18(10-12-34)33(4)23(35)19-13-32(3)31-21(19)24(26,27)28/h5-8,13,18H,9-12H2,1-4H3. The highest BCUT2D eigenvalue weighted by molar-refractivity contribution is 5.95. The Morgan fingerprint density at radius 3 is 2.29 bits per heavy atom. The minimum atomic E-state index is -4.70. The molecular formula is C24H26F4N6O. The predicted molar refractivity (Wildman–Crippen MR) is 122 cm³/mol. The topological polar surface area (TPSA) is 67.2 Å². The summed E-state index contributed by atoms with van der Waals surface area (Å²) in [5, 5.41) is 12.2. The fourth-order valence-corrected chi connectivity index (χ4v) is 4.45. The van der Waals surface area contributed by atoms with Crippen molar-refractivity contribution in [2.24, 2.45) is 7.05 Å². The fraction of sp³-hybridized carbons (Fsp3) is 0.417. The van der Waals surface area contributed by atoms with Gasteiger partial charge in [-0.1, -0.05) is 0 Å². The normalized spacial score (nSPS) is 14.9. The first kappa shape index (κ1) is 24.6. The monoisotopic (exact) mass is 490 g/mol. The highest BCUT2D eigenvalue weighted by Crippen LogP contribution is 2.33. The Morgan fingerprint density at radius 1 is 1.06 bits per heavy atom. The SMILES string of the molecule is Cc1c(-c2ccc(F)cc2)nnc(N2CCC(N(C)C(=O)c3cn(C)nc3C(F)(F)F)CC2)c1C. The molecule has 186 valence electrons. The zero-order valence-corrected chi connectivity index (χ0v) is 19.9. The van der Waals surface area contributed by atoms with Gasteiger partial charge in [-0.15, -0.1) is 10.2 Å². The summed E-state index contributed by atoms with van der Waals surface area (Å²) in [7, 11) is 2.89. The van der Waals surface area contributed by atoms with Gasteiger partial charge < -0.3 is 9.80 Å². The van der Waals surface area contributed by atoms with E-state index in [4.69, 9.17) is 0 Å². The summed E-state index contributed by atoms with van der Waals surface area (Å²) in [6.07, 6.45) is -2.45. The molecule has 0 N–H and O–H groups in total. The van der Waals surface area contributed by atoms with Crippen molar-refractivity contribution >= 4 is 11.7 Å². The number of alkyl halides is 3. The maximum absolute atomic E-state index is 13.3. The van der Waals surface area contributed by atoms with E-state index < -0.39 is 23.3 Å². The van der Waals surface area contributed by atoms with Crippen molar-refractivity contribution in [2.45, 2.75) is 38.9 Å². The van der Waals surface area contributed by atoms with Crippen molar-refractivity contribution in [3.63, 3.8) is 0 Å². The van der Waals surface area contributed by atoms with E-state index in [-0.39, 0.29) is 11.9 Å². The molecule has 35 heavy (non-hydrogen) atoms. The first-order chi connectivity index (χ1) is 16.5. The molecule has 1 aliphatic rings. The van der Waals surface area contributed by atoms with E-state index in [1.54, 1.807) is 12.1 Å². The van der Waals surface area contributed by atoms with Gasteiger partial charge in [0.1, 0.15) is 5.82 Å².